The lowest BCUT2D eigenvalue weighted by molar-refractivity contribution is -0.130. The minimum absolute atomic E-state index is 0.175. The number of amides is 1. The van der Waals surface area contributed by atoms with Crippen molar-refractivity contribution in [1.29, 1.82) is 0 Å². The van der Waals surface area contributed by atoms with E-state index in [4.69, 9.17) is 9.72 Å². The van der Waals surface area contributed by atoms with E-state index in [9.17, 15) is 4.79 Å². The molecule has 6 heteroatoms. The maximum absolute atomic E-state index is 12.5. The van der Waals surface area contributed by atoms with Gasteiger partial charge in [-0.2, -0.15) is 0 Å². The number of nitrogens with zero attached hydrogens (tertiary/aromatic N) is 3. The van der Waals surface area contributed by atoms with Gasteiger partial charge in [-0.15, -0.1) is 11.3 Å². The Balaban J connectivity index is 1.57. The van der Waals surface area contributed by atoms with Crippen LogP contribution in [0.1, 0.15) is 37.9 Å². The average Bonchev–Trinajstić information content (AvgIpc) is 3.18. The van der Waals surface area contributed by atoms with Crippen molar-refractivity contribution in [3.05, 3.63) is 40.9 Å². The normalized spacial score (nSPS) is 14.9. The first-order valence-corrected chi connectivity index (χ1v) is 11.2. The minimum Gasteiger partial charge on any atom is -0.379 e. The number of carbonyl (C=O) groups excluding carboxylic acids is 1. The van der Waals surface area contributed by atoms with Crippen LogP contribution in [-0.4, -0.2) is 60.1 Å². The Labute approximate surface area is 172 Å². The number of hydrogen-bond donors (Lipinski definition) is 0. The fourth-order valence-corrected chi connectivity index (χ4v) is 4.19. The first-order chi connectivity index (χ1) is 13.7. The number of ether oxygens (including phenoxy) is 1. The van der Waals surface area contributed by atoms with Crippen LogP contribution in [0.3, 0.4) is 0 Å². The Morgan fingerprint density at radius 3 is 2.64 bits per heavy atom. The van der Waals surface area contributed by atoms with Crippen molar-refractivity contribution >= 4 is 17.2 Å². The quantitative estimate of drug-likeness (QED) is 0.641. The molecule has 1 aliphatic rings. The predicted molar refractivity (Wildman–Crippen MR) is 115 cm³/mol. The van der Waals surface area contributed by atoms with Gasteiger partial charge in [0.25, 0.3) is 0 Å². The lowest BCUT2D eigenvalue weighted by Crippen LogP contribution is -2.35. The van der Waals surface area contributed by atoms with Crippen LogP contribution in [0.4, 0.5) is 0 Å². The molecule has 3 rings (SSSR count). The molecule has 0 bridgehead atoms. The molecule has 0 aliphatic carbocycles. The zero-order valence-corrected chi connectivity index (χ0v) is 17.8. The molecule has 1 saturated heterocycles. The van der Waals surface area contributed by atoms with Gasteiger partial charge in [0.05, 0.1) is 25.3 Å². The highest BCUT2D eigenvalue weighted by Crippen LogP contribution is 2.25. The van der Waals surface area contributed by atoms with E-state index in [1.165, 1.54) is 5.56 Å². The third-order valence-corrected chi connectivity index (χ3v) is 6.05. The van der Waals surface area contributed by atoms with Crippen LogP contribution < -0.4 is 0 Å². The Morgan fingerprint density at radius 1 is 1.21 bits per heavy atom. The molecule has 2 heterocycles. The van der Waals surface area contributed by atoms with E-state index in [0.29, 0.717) is 6.42 Å². The number of carbonyl (C=O) groups is 1. The highest BCUT2D eigenvalue weighted by Gasteiger charge is 2.15. The van der Waals surface area contributed by atoms with E-state index in [1.54, 1.807) is 11.3 Å². The zero-order chi connectivity index (χ0) is 19.8. The third kappa shape index (κ3) is 5.87. The van der Waals surface area contributed by atoms with Gasteiger partial charge in [-0.25, -0.2) is 4.98 Å². The van der Waals surface area contributed by atoms with E-state index >= 15 is 0 Å². The third-order valence-electron chi connectivity index (χ3n) is 5.11. The smallest absolute Gasteiger partial charge is 0.228 e. The summed E-state index contributed by atoms with van der Waals surface area (Å²) in [6.45, 7) is 10.4. The minimum atomic E-state index is 0.175. The van der Waals surface area contributed by atoms with Crippen molar-refractivity contribution in [3.63, 3.8) is 0 Å². The molecule has 0 saturated carbocycles. The van der Waals surface area contributed by atoms with E-state index in [2.05, 4.69) is 36.1 Å². The number of rotatable bonds is 9. The molecule has 5 nitrogen and oxygen atoms in total. The Kier molecular flexibility index (Phi) is 8.01. The largest absolute Gasteiger partial charge is 0.379 e. The fraction of sp³-hybridized carbons (Fsp3) is 0.545. The number of aromatic nitrogens is 1. The van der Waals surface area contributed by atoms with E-state index in [-0.39, 0.29) is 5.91 Å². The SMILES string of the molecule is CCCCN(CC)C(=O)Cc1csc(-c2ccc(CN3CCOCC3)cc2)n1. The molecule has 1 aromatic heterocycles. The van der Waals surface area contributed by atoms with Crippen molar-refractivity contribution in [2.45, 2.75) is 39.7 Å². The summed E-state index contributed by atoms with van der Waals surface area (Å²) < 4.78 is 5.41. The van der Waals surface area contributed by atoms with Gasteiger partial charge >= 0.3 is 0 Å². The maximum atomic E-state index is 12.5. The average molecular weight is 402 g/mol. The van der Waals surface area contributed by atoms with Crippen molar-refractivity contribution < 1.29 is 9.53 Å². The monoisotopic (exact) mass is 401 g/mol. The molecule has 152 valence electrons. The summed E-state index contributed by atoms with van der Waals surface area (Å²) in [4.78, 5) is 21.6. The summed E-state index contributed by atoms with van der Waals surface area (Å²) in [5.74, 6) is 0.175. The first-order valence-electron chi connectivity index (χ1n) is 10.3. The second-order valence-electron chi connectivity index (χ2n) is 7.23. The highest BCUT2D eigenvalue weighted by atomic mass is 32.1. The van der Waals surface area contributed by atoms with Crippen molar-refractivity contribution in [3.8, 4) is 10.6 Å². The predicted octanol–water partition coefficient (Wildman–Crippen LogP) is 3.83. The number of thiazole rings is 1. The van der Waals surface area contributed by atoms with Gasteiger partial charge in [0, 0.05) is 43.7 Å². The van der Waals surface area contributed by atoms with Gasteiger partial charge in [0.2, 0.25) is 5.91 Å². The summed E-state index contributed by atoms with van der Waals surface area (Å²) in [5.41, 5.74) is 3.30. The van der Waals surface area contributed by atoms with Crippen molar-refractivity contribution in [2.24, 2.45) is 0 Å². The van der Waals surface area contributed by atoms with E-state index in [0.717, 1.165) is 75.0 Å². The van der Waals surface area contributed by atoms with Crippen molar-refractivity contribution in [2.75, 3.05) is 39.4 Å². The van der Waals surface area contributed by atoms with Crippen LogP contribution in [0.15, 0.2) is 29.6 Å². The molecule has 1 aliphatic heterocycles. The molecule has 0 unspecified atom stereocenters. The van der Waals surface area contributed by atoms with Gasteiger partial charge in [-0.05, 0) is 18.9 Å². The Hall–Kier alpha value is -1.76. The van der Waals surface area contributed by atoms with Crippen LogP contribution in [0.2, 0.25) is 0 Å². The van der Waals surface area contributed by atoms with Crippen LogP contribution >= 0.6 is 11.3 Å². The topological polar surface area (TPSA) is 45.7 Å². The van der Waals surface area contributed by atoms with Gasteiger partial charge < -0.3 is 9.64 Å². The molecule has 28 heavy (non-hydrogen) atoms. The summed E-state index contributed by atoms with van der Waals surface area (Å²) in [6, 6.07) is 8.64. The standard InChI is InChI=1S/C22H31N3O2S/c1-3-5-10-25(4-2)21(26)15-20-17-28-22(23-20)19-8-6-18(7-9-19)16-24-11-13-27-14-12-24/h6-9,17H,3-5,10-16H2,1-2H3. The van der Waals surface area contributed by atoms with Gasteiger partial charge in [0.1, 0.15) is 5.01 Å². The van der Waals surface area contributed by atoms with Gasteiger partial charge in [-0.1, -0.05) is 37.6 Å². The first kappa shape index (κ1) is 21.0. The molecule has 0 spiro atoms. The molecule has 2 aromatic rings. The lowest BCUT2D eigenvalue weighted by atomic mass is 10.1. The van der Waals surface area contributed by atoms with E-state index in [1.807, 2.05) is 17.2 Å². The van der Waals surface area contributed by atoms with Crippen molar-refractivity contribution in [1.82, 2.24) is 14.8 Å². The molecule has 0 radical (unpaired) electrons. The lowest BCUT2D eigenvalue weighted by Gasteiger charge is -2.26. The molecule has 1 amide bonds. The van der Waals surface area contributed by atoms with Crippen LogP contribution in [-0.2, 0) is 22.5 Å². The van der Waals surface area contributed by atoms with E-state index < -0.39 is 0 Å². The fourth-order valence-electron chi connectivity index (χ4n) is 3.37. The molecule has 1 aromatic carbocycles. The molecular formula is C22H31N3O2S. The van der Waals surface area contributed by atoms with Crippen LogP contribution in [0, 0.1) is 0 Å². The number of likely N-dealkylation sites (N-methyl/N-ethyl adjacent to an activating group) is 1. The zero-order valence-electron chi connectivity index (χ0n) is 17.0. The molecule has 0 atom stereocenters. The molecular weight excluding hydrogens is 370 g/mol. The summed E-state index contributed by atoms with van der Waals surface area (Å²) in [6.07, 6.45) is 2.55. The van der Waals surface area contributed by atoms with Crippen LogP contribution in [0.5, 0.6) is 0 Å². The molecule has 0 N–H and O–H groups in total. The number of unbranched alkanes of at least 4 members (excludes halogenated alkanes) is 1. The summed E-state index contributed by atoms with van der Waals surface area (Å²) in [5, 5.41) is 3.00. The summed E-state index contributed by atoms with van der Waals surface area (Å²) >= 11 is 1.61. The number of morpholine rings is 1. The van der Waals surface area contributed by atoms with Gasteiger partial charge in [-0.3, -0.25) is 9.69 Å². The summed E-state index contributed by atoms with van der Waals surface area (Å²) in [7, 11) is 0. The Morgan fingerprint density at radius 2 is 1.96 bits per heavy atom. The second kappa shape index (κ2) is 10.7. The highest BCUT2D eigenvalue weighted by molar-refractivity contribution is 7.13. The second-order valence-corrected chi connectivity index (χ2v) is 8.09. The number of benzene rings is 1. The number of hydrogen-bond acceptors (Lipinski definition) is 5. The Bertz CT molecular complexity index is 738. The maximum Gasteiger partial charge on any atom is 0.228 e. The van der Waals surface area contributed by atoms with Crippen LogP contribution in [0.25, 0.3) is 10.6 Å². The van der Waals surface area contributed by atoms with Gasteiger partial charge in [0.15, 0.2) is 0 Å². The molecule has 1 fully saturated rings.